The van der Waals surface area contributed by atoms with Crippen LogP contribution in [0.4, 0.5) is 0 Å². The highest BCUT2D eigenvalue weighted by molar-refractivity contribution is 4.50. The summed E-state index contributed by atoms with van der Waals surface area (Å²) < 4.78 is 0. The normalized spacial score (nSPS) is 9.76. The Balaban J connectivity index is 0. The van der Waals surface area contributed by atoms with Crippen LogP contribution in [0, 0.1) is 0 Å². The highest BCUT2D eigenvalue weighted by Gasteiger charge is 1.91. The summed E-state index contributed by atoms with van der Waals surface area (Å²) in [4.78, 5) is 0. The third-order valence-corrected chi connectivity index (χ3v) is 2.91. The van der Waals surface area contributed by atoms with E-state index in [0.717, 1.165) is 0 Å². The van der Waals surface area contributed by atoms with Crippen molar-refractivity contribution in [3.8, 4) is 0 Å². The van der Waals surface area contributed by atoms with E-state index in [9.17, 15) is 0 Å². The molecule has 0 rings (SSSR count). The summed E-state index contributed by atoms with van der Waals surface area (Å²) in [6.07, 6.45) is 14.0. The molecule has 0 aliphatic rings. The zero-order chi connectivity index (χ0) is 13.2. The molecule has 104 valence electrons. The monoisotopic (exact) mass is 241 g/mol. The molecular weight excluding hydrogens is 206 g/mol. The van der Waals surface area contributed by atoms with E-state index in [1.165, 1.54) is 77.3 Å². The minimum atomic E-state index is 1.23. The second kappa shape index (κ2) is 21.0. The van der Waals surface area contributed by atoms with Gasteiger partial charge in [-0.15, -0.1) is 13.2 Å². The van der Waals surface area contributed by atoms with Crippen LogP contribution >= 0.6 is 0 Å². The molecule has 0 heterocycles. The summed E-state index contributed by atoms with van der Waals surface area (Å²) in [6, 6.07) is 0. The third-order valence-electron chi connectivity index (χ3n) is 2.91. The summed E-state index contributed by atoms with van der Waals surface area (Å²) in [5.74, 6) is 0. The number of hydrogen-bond acceptors (Lipinski definition) is 1. The zero-order valence-electron chi connectivity index (χ0n) is 12.4. The Bertz CT molecular complexity index is 100. The first-order valence-electron chi connectivity index (χ1n) is 7.62. The summed E-state index contributed by atoms with van der Waals surface area (Å²) in [5, 5.41) is 3.54. The Labute approximate surface area is 110 Å². The standard InChI is InChI=1S/C14H31N.C2H4/c1-3-5-7-9-10-12-14-15-13-11-8-6-4-2;1-2/h15H,3-14H2,1-2H3;1-2H2. The molecule has 0 aliphatic carbocycles. The molecule has 0 amide bonds. The lowest BCUT2D eigenvalue weighted by molar-refractivity contribution is 0.552. The van der Waals surface area contributed by atoms with Gasteiger partial charge in [0.05, 0.1) is 0 Å². The zero-order valence-corrected chi connectivity index (χ0v) is 12.4. The van der Waals surface area contributed by atoms with Gasteiger partial charge in [-0.05, 0) is 25.9 Å². The summed E-state index contributed by atoms with van der Waals surface area (Å²) in [6.45, 7) is 13.0. The van der Waals surface area contributed by atoms with Crippen molar-refractivity contribution >= 4 is 0 Å². The van der Waals surface area contributed by atoms with Crippen molar-refractivity contribution < 1.29 is 0 Å². The molecule has 1 heteroatoms. The average Bonchev–Trinajstić information content (AvgIpc) is 2.38. The van der Waals surface area contributed by atoms with Crippen LogP contribution in [-0.2, 0) is 0 Å². The number of nitrogens with one attached hydrogen (secondary N) is 1. The number of hydrogen-bond donors (Lipinski definition) is 1. The van der Waals surface area contributed by atoms with E-state index in [1.807, 2.05) is 0 Å². The summed E-state index contributed by atoms with van der Waals surface area (Å²) in [5.41, 5.74) is 0. The van der Waals surface area contributed by atoms with Gasteiger partial charge in [0, 0.05) is 0 Å². The van der Waals surface area contributed by atoms with Crippen LogP contribution in [0.3, 0.4) is 0 Å². The minimum Gasteiger partial charge on any atom is -0.317 e. The van der Waals surface area contributed by atoms with Gasteiger partial charge < -0.3 is 5.32 Å². The largest absolute Gasteiger partial charge is 0.317 e. The molecule has 1 N–H and O–H groups in total. The topological polar surface area (TPSA) is 12.0 Å². The molecule has 0 aliphatic heterocycles. The number of rotatable bonds is 12. The van der Waals surface area contributed by atoms with Crippen LogP contribution in [0.2, 0.25) is 0 Å². The molecule has 1 nitrogen and oxygen atoms in total. The molecule has 0 saturated carbocycles. The Morgan fingerprint density at radius 2 is 0.941 bits per heavy atom. The quantitative estimate of drug-likeness (QED) is 0.360. The predicted molar refractivity (Wildman–Crippen MR) is 81.6 cm³/mol. The minimum absolute atomic E-state index is 1.23. The van der Waals surface area contributed by atoms with Crippen LogP contribution < -0.4 is 5.32 Å². The molecule has 0 bridgehead atoms. The van der Waals surface area contributed by atoms with Crippen molar-refractivity contribution in [2.75, 3.05) is 13.1 Å². The van der Waals surface area contributed by atoms with Gasteiger partial charge in [-0.25, -0.2) is 0 Å². The smallest absolute Gasteiger partial charge is 0.00489 e. The van der Waals surface area contributed by atoms with Crippen molar-refractivity contribution in [2.45, 2.75) is 78.1 Å². The molecule has 0 spiro atoms. The maximum atomic E-state index is 3.54. The van der Waals surface area contributed by atoms with Crippen molar-refractivity contribution in [2.24, 2.45) is 0 Å². The third kappa shape index (κ3) is 21.5. The summed E-state index contributed by atoms with van der Waals surface area (Å²) in [7, 11) is 0. The van der Waals surface area contributed by atoms with Crippen LogP contribution in [0.1, 0.15) is 78.1 Å². The molecule has 0 fully saturated rings. The van der Waals surface area contributed by atoms with E-state index in [0.29, 0.717) is 0 Å². The van der Waals surface area contributed by atoms with Gasteiger partial charge >= 0.3 is 0 Å². The maximum absolute atomic E-state index is 3.54. The van der Waals surface area contributed by atoms with Crippen LogP contribution in [-0.4, -0.2) is 13.1 Å². The molecule has 0 radical (unpaired) electrons. The van der Waals surface area contributed by atoms with Gasteiger partial charge in [0.2, 0.25) is 0 Å². The average molecular weight is 241 g/mol. The van der Waals surface area contributed by atoms with Crippen LogP contribution in [0.5, 0.6) is 0 Å². The molecule has 0 unspecified atom stereocenters. The van der Waals surface area contributed by atoms with E-state index < -0.39 is 0 Å². The van der Waals surface area contributed by atoms with Crippen LogP contribution in [0.25, 0.3) is 0 Å². The van der Waals surface area contributed by atoms with Gasteiger partial charge in [0.15, 0.2) is 0 Å². The Morgan fingerprint density at radius 1 is 0.588 bits per heavy atom. The van der Waals surface area contributed by atoms with Gasteiger partial charge in [-0.2, -0.15) is 0 Å². The Kier molecular flexibility index (Phi) is 23.6. The number of unbranched alkanes of at least 4 members (excludes halogenated alkanes) is 8. The second-order valence-electron chi connectivity index (χ2n) is 4.58. The lowest BCUT2D eigenvalue weighted by Gasteiger charge is -2.04. The van der Waals surface area contributed by atoms with E-state index in [1.54, 1.807) is 0 Å². The fourth-order valence-corrected chi connectivity index (χ4v) is 1.83. The lowest BCUT2D eigenvalue weighted by Crippen LogP contribution is -2.16. The lowest BCUT2D eigenvalue weighted by atomic mass is 10.1. The highest BCUT2D eigenvalue weighted by atomic mass is 14.8. The molecular formula is C16H35N. The van der Waals surface area contributed by atoms with Crippen molar-refractivity contribution in [1.82, 2.24) is 5.32 Å². The fraction of sp³-hybridized carbons (Fsp3) is 0.875. The Morgan fingerprint density at radius 3 is 1.41 bits per heavy atom. The van der Waals surface area contributed by atoms with Crippen molar-refractivity contribution in [1.29, 1.82) is 0 Å². The molecule has 0 aromatic rings. The van der Waals surface area contributed by atoms with E-state index >= 15 is 0 Å². The van der Waals surface area contributed by atoms with Gasteiger partial charge in [0.25, 0.3) is 0 Å². The first kappa shape index (κ1) is 19.0. The summed E-state index contributed by atoms with van der Waals surface area (Å²) >= 11 is 0. The molecule has 0 atom stereocenters. The molecule has 0 aromatic carbocycles. The van der Waals surface area contributed by atoms with E-state index in [2.05, 4.69) is 32.3 Å². The van der Waals surface area contributed by atoms with E-state index in [-0.39, 0.29) is 0 Å². The first-order chi connectivity index (χ1) is 8.41. The predicted octanol–water partition coefficient (Wildman–Crippen LogP) is 5.32. The van der Waals surface area contributed by atoms with Gasteiger partial charge in [-0.1, -0.05) is 65.2 Å². The maximum Gasteiger partial charge on any atom is -0.00489 e. The second-order valence-corrected chi connectivity index (χ2v) is 4.58. The molecule has 0 aromatic heterocycles. The first-order valence-corrected chi connectivity index (χ1v) is 7.62. The highest BCUT2D eigenvalue weighted by Crippen LogP contribution is 2.04. The van der Waals surface area contributed by atoms with Gasteiger partial charge in [0.1, 0.15) is 0 Å². The Hall–Kier alpha value is -0.300. The van der Waals surface area contributed by atoms with Gasteiger partial charge in [-0.3, -0.25) is 0 Å². The molecule has 0 saturated heterocycles. The SMILES string of the molecule is C=C.CCCCCCCCNCCCCCC. The fourth-order valence-electron chi connectivity index (χ4n) is 1.83. The van der Waals surface area contributed by atoms with Crippen molar-refractivity contribution in [3.05, 3.63) is 13.2 Å². The van der Waals surface area contributed by atoms with Crippen LogP contribution in [0.15, 0.2) is 13.2 Å². The van der Waals surface area contributed by atoms with Crippen molar-refractivity contribution in [3.63, 3.8) is 0 Å². The molecule has 17 heavy (non-hydrogen) atoms. The van der Waals surface area contributed by atoms with E-state index in [4.69, 9.17) is 0 Å².